The zero-order valence-corrected chi connectivity index (χ0v) is 18.7. The first-order valence-corrected chi connectivity index (χ1v) is 11.5. The Labute approximate surface area is 180 Å². The molecular formula is C25H36N2O3. The van der Waals surface area contributed by atoms with Crippen LogP contribution in [-0.2, 0) is 9.53 Å². The minimum Gasteiger partial charge on any atom is -0.378 e. The lowest BCUT2D eigenvalue weighted by atomic mass is 9.59. The van der Waals surface area contributed by atoms with Crippen LogP contribution in [-0.4, -0.2) is 37.1 Å². The lowest BCUT2D eigenvalue weighted by Gasteiger charge is -2.53. The first-order chi connectivity index (χ1) is 14.3. The van der Waals surface area contributed by atoms with E-state index >= 15 is 0 Å². The largest absolute Gasteiger partial charge is 0.378 e. The van der Waals surface area contributed by atoms with Crippen molar-refractivity contribution in [2.75, 3.05) is 13.2 Å². The van der Waals surface area contributed by atoms with Crippen LogP contribution < -0.4 is 10.6 Å². The molecule has 0 radical (unpaired) electrons. The van der Waals surface area contributed by atoms with E-state index in [0.29, 0.717) is 23.9 Å². The van der Waals surface area contributed by atoms with Gasteiger partial charge in [0.2, 0.25) is 5.91 Å². The smallest absolute Gasteiger partial charge is 0.251 e. The van der Waals surface area contributed by atoms with Gasteiger partial charge in [-0.05, 0) is 60.5 Å². The number of carbonyl (C=O) groups is 2. The van der Waals surface area contributed by atoms with Crippen LogP contribution in [0.4, 0.5) is 0 Å². The van der Waals surface area contributed by atoms with Gasteiger partial charge in [0, 0.05) is 30.7 Å². The zero-order chi connectivity index (χ0) is 21.5. The molecule has 1 spiro atoms. The van der Waals surface area contributed by atoms with Gasteiger partial charge in [0.15, 0.2) is 0 Å². The number of fused-ring (bicyclic) bond motifs is 1. The molecule has 4 rings (SSSR count). The van der Waals surface area contributed by atoms with Gasteiger partial charge in [-0.3, -0.25) is 9.59 Å². The average Bonchev–Trinajstić information content (AvgIpc) is 3.21. The van der Waals surface area contributed by atoms with E-state index in [0.717, 1.165) is 19.4 Å². The Bertz CT molecular complexity index is 791. The second-order valence-electron chi connectivity index (χ2n) is 10.5. The summed E-state index contributed by atoms with van der Waals surface area (Å²) >= 11 is 0. The first-order valence-electron chi connectivity index (χ1n) is 11.5. The summed E-state index contributed by atoms with van der Waals surface area (Å²) < 4.78 is 6.23. The third-order valence-corrected chi connectivity index (χ3v) is 8.18. The molecule has 5 nitrogen and oxygen atoms in total. The molecule has 1 heterocycles. The number of hydrogen-bond donors (Lipinski definition) is 2. The normalized spacial score (nSPS) is 33.9. The quantitative estimate of drug-likeness (QED) is 0.747. The summed E-state index contributed by atoms with van der Waals surface area (Å²) in [6, 6.07) is 9.55. The number of nitrogens with one attached hydrogen (secondary N) is 2. The summed E-state index contributed by atoms with van der Waals surface area (Å²) in [6.07, 6.45) is 4.34. The molecule has 5 heteroatoms. The topological polar surface area (TPSA) is 67.4 Å². The van der Waals surface area contributed by atoms with Gasteiger partial charge in [-0.2, -0.15) is 0 Å². The molecule has 30 heavy (non-hydrogen) atoms. The standard InChI is InChI=1S/C25H36N2O3/c1-16(2)21(28)27-23-24(3,4)18-14-19-20(30-13-11-25(19,23)15-18)10-12-26-22(29)17-8-6-5-7-9-17/h5-9,16,18-20,23H,10-15H2,1-4H3,(H,26,29)(H,27,28)/t18-,19-,20-,23+,25-/m1/s1. The summed E-state index contributed by atoms with van der Waals surface area (Å²) in [6.45, 7) is 9.95. The van der Waals surface area contributed by atoms with Crippen molar-refractivity contribution in [3.63, 3.8) is 0 Å². The molecule has 3 aliphatic rings. The van der Waals surface area contributed by atoms with E-state index in [1.807, 2.05) is 44.2 Å². The molecule has 0 aromatic heterocycles. The number of amides is 2. The van der Waals surface area contributed by atoms with Gasteiger partial charge in [0.25, 0.3) is 5.91 Å². The number of carbonyl (C=O) groups excluding carboxylic acids is 2. The third kappa shape index (κ3) is 3.55. The molecule has 2 amide bonds. The Morgan fingerprint density at radius 1 is 1.20 bits per heavy atom. The van der Waals surface area contributed by atoms with E-state index in [2.05, 4.69) is 24.5 Å². The van der Waals surface area contributed by atoms with Crippen molar-refractivity contribution >= 4 is 11.8 Å². The van der Waals surface area contributed by atoms with Gasteiger partial charge in [-0.1, -0.05) is 45.9 Å². The lowest BCUT2D eigenvalue weighted by molar-refractivity contribution is -0.138. The van der Waals surface area contributed by atoms with Crippen molar-refractivity contribution < 1.29 is 14.3 Å². The van der Waals surface area contributed by atoms with Gasteiger partial charge in [0.05, 0.1) is 6.10 Å². The number of hydrogen-bond acceptors (Lipinski definition) is 3. The molecule has 2 bridgehead atoms. The molecular weight excluding hydrogens is 376 g/mol. The van der Waals surface area contributed by atoms with E-state index in [4.69, 9.17) is 4.74 Å². The fraction of sp³-hybridized carbons (Fsp3) is 0.680. The minimum atomic E-state index is -0.0303. The highest BCUT2D eigenvalue weighted by Crippen LogP contribution is 2.68. The highest BCUT2D eigenvalue weighted by molar-refractivity contribution is 5.94. The summed E-state index contributed by atoms with van der Waals surface area (Å²) in [7, 11) is 0. The molecule has 1 saturated heterocycles. The van der Waals surface area contributed by atoms with Crippen LogP contribution in [0.1, 0.15) is 63.7 Å². The van der Waals surface area contributed by atoms with Gasteiger partial charge in [-0.15, -0.1) is 0 Å². The van der Waals surface area contributed by atoms with E-state index in [-0.39, 0.29) is 40.7 Å². The fourth-order valence-corrected chi connectivity index (χ4v) is 6.52. The maximum Gasteiger partial charge on any atom is 0.251 e. The van der Waals surface area contributed by atoms with Crippen molar-refractivity contribution in [1.82, 2.24) is 10.6 Å². The Kier molecular flexibility index (Phi) is 5.69. The fourth-order valence-electron chi connectivity index (χ4n) is 6.52. The highest BCUT2D eigenvalue weighted by atomic mass is 16.5. The summed E-state index contributed by atoms with van der Waals surface area (Å²) in [5.41, 5.74) is 0.937. The van der Waals surface area contributed by atoms with Crippen LogP contribution in [0.3, 0.4) is 0 Å². The number of benzene rings is 1. The summed E-state index contributed by atoms with van der Waals surface area (Å²) in [5.74, 6) is 1.20. The Morgan fingerprint density at radius 2 is 1.93 bits per heavy atom. The van der Waals surface area contributed by atoms with Gasteiger partial charge < -0.3 is 15.4 Å². The molecule has 1 aromatic carbocycles. The Balaban J connectivity index is 1.43. The lowest BCUT2D eigenvalue weighted by Crippen LogP contribution is -2.60. The number of ether oxygens (including phenoxy) is 1. The third-order valence-electron chi connectivity index (χ3n) is 8.18. The second-order valence-corrected chi connectivity index (χ2v) is 10.5. The molecule has 1 aromatic rings. The predicted octanol–water partition coefficient (Wildman–Crippen LogP) is 3.79. The Morgan fingerprint density at radius 3 is 2.63 bits per heavy atom. The molecule has 2 aliphatic carbocycles. The average molecular weight is 413 g/mol. The zero-order valence-electron chi connectivity index (χ0n) is 18.7. The van der Waals surface area contributed by atoms with E-state index in [9.17, 15) is 9.59 Å². The monoisotopic (exact) mass is 412 g/mol. The van der Waals surface area contributed by atoms with Crippen LogP contribution >= 0.6 is 0 Å². The first kappa shape index (κ1) is 21.4. The van der Waals surface area contributed by atoms with E-state index in [1.54, 1.807) is 0 Å². The molecule has 164 valence electrons. The van der Waals surface area contributed by atoms with Crippen LogP contribution in [0.25, 0.3) is 0 Å². The van der Waals surface area contributed by atoms with Crippen LogP contribution in [0, 0.1) is 28.6 Å². The molecule has 5 atom stereocenters. The SMILES string of the molecule is CC(C)C(=O)N[C@H]1C(C)(C)[C@@H]2C[C@@H]3[C@@H](CCNC(=O)c4ccccc4)OCC[C@@]31C2. The maximum absolute atomic E-state index is 12.6. The second kappa shape index (κ2) is 7.99. The summed E-state index contributed by atoms with van der Waals surface area (Å²) in [5, 5.41) is 6.50. The molecule has 1 aliphatic heterocycles. The van der Waals surface area contributed by atoms with Crippen molar-refractivity contribution in [2.24, 2.45) is 28.6 Å². The van der Waals surface area contributed by atoms with Crippen molar-refractivity contribution in [3.05, 3.63) is 35.9 Å². The minimum absolute atomic E-state index is 0.00128. The maximum atomic E-state index is 12.6. The predicted molar refractivity (Wildman–Crippen MR) is 117 cm³/mol. The van der Waals surface area contributed by atoms with Gasteiger partial charge in [-0.25, -0.2) is 0 Å². The van der Waals surface area contributed by atoms with Crippen molar-refractivity contribution in [3.8, 4) is 0 Å². The number of rotatable bonds is 6. The Hall–Kier alpha value is -1.88. The molecule has 2 N–H and O–H groups in total. The van der Waals surface area contributed by atoms with E-state index in [1.165, 1.54) is 12.8 Å². The molecule has 3 fully saturated rings. The molecule has 2 saturated carbocycles. The molecule has 0 unspecified atom stereocenters. The van der Waals surface area contributed by atoms with Gasteiger partial charge >= 0.3 is 0 Å². The van der Waals surface area contributed by atoms with Crippen LogP contribution in [0.5, 0.6) is 0 Å². The van der Waals surface area contributed by atoms with E-state index < -0.39 is 0 Å². The summed E-state index contributed by atoms with van der Waals surface area (Å²) in [4.78, 5) is 25.0. The van der Waals surface area contributed by atoms with Crippen LogP contribution in [0.15, 0.2) is 30.3 Å². The van der Waals surface area contributed by atoms with Crippen LogP contribution in [0.2, 0.25) is 0 Å². The van der Waals surface area contributed by atoms with Crippen molar-refractivity contribution in [2.45, 2.75) is 65.5 Å². The highest BCUT2D eigenvalue weighted by Gasteiger charge is 2.68. The van der Waals surface area contributed by atoms with Gasteiger partial charge in [0.1, 0.15) is 0 Å². The van der Waals surface area contributed by atoms with Crippen molar-refractivity contribution in [1.29, 1.82) is 0 Å².